The zero-order chi connectivity index (χ0) is 29.5. The minimum atomic E-state index is -3.87. The molecule has 2 amide bonds. The molecule has 0 heterocycles. The van der Waals surface area contributed by atoms with E-state index in [9.17, 15) is 22.4 Å². The van der Waals surface area contributed by atoms with Crippen molar-refractivity contribution in [2.75, 3.05) is 17.1 Å². The number of rotatable bonds is 11. The fourth-order valence-corrected chi connectivity index (χ4v) is 4.76. The van der Waals surface area contributed by atoms with Crippen molar-refractivity contribution in [3.8, 4) is 5.75 Å². The molecule has 0 bridgehead atoms. The van der Waals surface area contributed by atoms with Crippen LogP contribution in [0, 0.1) is 5.82 Å². The summed E-state index contributed by atoms with van der Waals surface area (Å²) in [6.45, 7) is 6.85. The van der Waals surface area contributed by atoms with E-state index in [2.05, 4.69) is 5.32 Å². The Morgan fingerprint density at radius 1 is 0.925 bits per heavy atom. The van der Waals surface area contributed by atoms with Gasteiger partial charge < -0.3 is 15.0 Å². The molecular formula is C30H36FN3O5S. The minimum Gasteiger partial charge on any atom is -0.489 e. The van der Waals surface area contributed by atoms with E-state index in [0.29, 0.717) is 17.9 Å². The Labute approximate surface area is 235 Å². The van der Waals surface area contributed by atoms with Crippen LogP contribution >= 0.6 is 0 Å². The molecule has 0 spiro atoms. The van der Waals surface area contributed by atoms with Crippen LogP contribution in [0.2, 0.25) is 0 Å². The van der Waals surface area contributed by atoms with Crippen molar-refractivity contribution in [2.45, 2.75) is 52.4 Å². The number of amides is 2. The van der Waals surface area contributed by atoms with Crippen LogP contribution in [0.5, 0.6) is 5.75 Å². The molecule has 0 aliphatic carbocycles. The van der Waals surface area contributed by atoms with Gasteiger partial charge in [0.25, 0.3) is 0 Å². The van der Waals surface area contributed by atoms with Crippen molar-refractivity contribution in [2.24, 2.45) is 0 Å². The van der Waals surface area contributed by atoms with Gasteiger partial charge in [-0.3, -0.25) is 13.9 Å². The lowest BCUT2D eigenvalue weighted by Gasteiger charge is -2.33. The molecule has 0 aliphatic rings. The number of hydrogen-bond donors (Lipinski definition) is 1. The molecule has 40 heavy (non-hydrogen) atoms. The second kappa shape index (κ2) is 13.0. The molecule has 3 aromatic rings. The number of nitrogens with one attached hydrogen (secondary N) is 1. The maximum atomic E-state index is 13.6. The molecule has 1 unspecified atom stereocenters. The second-order valence-electron chi connectivity index (χ2n) is 10.6. The van der Waals surface area contributed by atoms with Gasteiger partial charge >= 0.3 is 0 Å². The smallest absolute Gasteiger partial charge is 0.244 e. The van der Waals surface area contributed by atoms with Crippen LogP contribution < -0.4 is 14.4 Å². The normalized spacial score (nSPS) is 12.3. The van der Waals surface area contributed by atoms with E-state index in [4.69, 9.17) is 4.74 Å². The number of carbonyl (C=O) groups excluding carboxylic acids is 2. The van der Waals surface area contributed by atoms with Crippen LogP contribution in [0.1, 0.15) is 38.8 Å². The van der Waals surface area contributed by atoms with Crippen molar-refractivity contribution in [3.63, 3.8) is 0 Å². The molecule has 10 heteroatoms. The molecule has 214 valence electrons. The fraction of sp³-hybridized carbons (Fsp3) is 0.333. The van der Waals surface area contributed by atoms with Crippen LogP contribution in [0.3, 0.4) is 0 Å². The standard InChI is InChI=1S/C30H36FN3O5S/c1-22(29(36)32-30(2,3)4)33(19-23-11-13-25(31)14-12-23)28(35)20-34(40(5,37)38)26-15-17-27(18-16-26)39-21-24-9-7-6-8-10-24/h6-18,22H,19-21H2,1-5H3,(H,32,36). The van der Waals surface area contributed by atoms with Gasteiger partial charge in [0, 0.05) is 12.1 Å². The SMILES string of the molecule is CC(C(=O)NC(C)(C)C)N(Cc1ccc(F)cc1)C(=O)CN(c1ccc(OCc2ccccc2)cc1)S(C)(=O)=O. The topological polar surface area (TPSA) is 96.0 Å². The fourth-order valence-electron chi connectivity index (χ4n) is 3.91. The number of ether oxygens (including phenoxy) is 1. The Bertz CT molecular complexity index is 1390. The molecule has 3 rings (SSSR count). The third-order valence-electron chi connectivity index (χ3n) is 5.98. The number of nitrogens with zero attached hydrogens (tertiary/aromatic N) is 2. The number of sulfonamides is 1. The predicted molar refractivity (Wildman–Crippen MR) is 154 cm³/mol. The predicted octanol–water partition coefficient (Wildman–Crippen LogP) is 4.50. The van der Waals surface area contributed by atoms with Crippen LogP contribution in [0.4, 0.5) is 10.1 Å². The van der Waals surface area contributed by atoms with Crippen molar-refractivity contribution in [1.29, 1.82) is 0 Å². The van der Waals surface area contributed by atoms with E-state index in [-0.39, 0.29) is 12.2 Å². The molecule has 0 radical (unpaired) electrons. The average molecular weight is 570 g/mol. The first kappa shape index (κ1) is 30.6. The number of anilines is 1. The molecule has 0 saturated heterocycles. The lowest BCUT2D eigenvalue weighted by Crippen LogP contribution is -2.54. The summed E-state index contributed by atoms with van der Waals surface area (Å²) in [5, 5.41) is 2.86. The van der Waals surface area contributed by atoms with Crippen LogP contribution in [-0.2, 0) is 32.8 Å². The quantitative estimate of drug-likeness (QED) is 0.367. The van der Waals surface area contributed by atoms with Gasteiger partial charge in [0.1, 0.15) is 30.8 Å². The van der Waals surface area contributed by atoms with E-state index in [1.54, 1.807) is 31.2 Å². The summed E-state index contributed by atoms with van der Waals surface area (Å²) in [4.78, 5) is 27.9. The molecular weight excluding hydrogens is 533 g/mol. The highest BCUT2D eigenvalue weighted by molar-refractivity contribution is 7.92. The molecule has 1 N–H and O–H groups in total. The lowest BCUT2D eigenvalue weighted by molar-refractivity contribution is -0.140. The molecule has 0 aromatic heterocycles. The summed E-state index contributed by atoms with van der Waals surface area (Å²) in [5.74, 6) is -0.873. The summed E-state index contributed by atoms with van der Waals surface area (Å²) in [7, 11) is -3.87. The highest BCUT2D eigenvalue weighted by atomic mass is 32.2. The van der Waals surface area contributed by atoms with E-state index < -0.39 is 45.8 Å². The first-order valence-corrected chi connectivity index (χ1v) is 14.7. The van der Waals surface area contributed by atoms with Gasteiger partial charge in [0.05, 0.1) is 11.9 Å². The van der Waals surface area contributed by atoms with Gasteiger partial charge in [-0.2, -0.15) is 0 Å². The molecule has 0 saturated carbocycles. The molecule has 0 aliphatic heterocycles. The summed E-state index contributed by atoms with van der Waals surface area (Å²) in [6, 6.07) is 20.7. The molecule has 1 atom stereocenters. The van der Waals surface area contributed by atoms with Crippen molar-refractivity contribution in [1.82, 2.24) is 10.2 Å². The first-order valence-electron chi connectivity index (χ1n) is 12.8. The Kier molecular flexibility index (Phi) is 9.92. The monoisotopic (exact) mass is 569 g/mol. The maximum absolute atomic E-state index is 13.6. The van der Waals surface area contributed by atoms with Gasteiger partial charge in [-0.15, -0.1) is 0 Å². The molecule has 3 aromatic carbocycles. The van der Waals surface area contributed by atoms with Crippen molar-refractivity contribution in [3.05, 3.63) is 95.8 Å². The number of halogens is 1. The summed E-state index contributed by atoms with van der Waals surface area (Å²) >= 11 is 0. The van der Waals surface area contributed by atoms with Gasteiger partial charge in [-0.25, -0.2) is 12.8 Å². The summed E-state index contributed by atoms with van der Waals surface area (Å²) < 4.78 is 45.8. The number of benzene rings is 3. The Morgan fingerprint density at radius 3 is 2.08 bits per heavy atom. The Morgan fingerprint density at radius 2 is 1.52 bits per heavy atom. The Hall–Kier alpha value is -3.92. The van der Waals surface area contributed by atoms with Crippen molar-refractivity contribution >= 4 is 27.5 Å². The number of hydrogen-bond acceptors (Lipinski definition) is 5. The van der Waals surface area contributed by atoms with Gasteiger partial charge in [-0.05, 0) is 75.2 Å². The zero-order valence-electron chi connectivity index (χ0n) is 23.4. The summed E-state index contributed by atoms with van der Waals surface area (Å²) in [5.41, 5.74) is 1.31. The van der Waals surface area contributed by atoms with E-state index in [0.717, 1.165) is 16.1 Å². The minimum absolute atomic E-state index is 0.0122. The molecule has 0 fully saturated rings. The zero-order valence-corrected chi connectivity index (χ0v) is 24.2. The van der Waals surface area contributed by atoms with Crippen molar-refractivity contribution < 1.29 is 27.1 Å². The summed E-state index contributed by atoms with van der Waals surface area (Å²) in [6.07, 6.45) is 1.01. The largest absolute Gasteiger partial charge is 0.489 e. The highest BCUT2D eigenvalue weighted by Gasteiger charge is 2.31. The van der Waals surface area contributed by atoms with Gasteiger partial charge in [-0.1, -0.05) is 42.5 Å². The van der Waals surface area contributed by atoms with E-state index in [1.807, 2.05) is 51.1 Å². The van der Waals surface area contributed by atoms with Crippen LogP contribution in [-0.4, -0.2) is 49.5 Å². The van der Waals surface area contributed by atoms with Gasteiger partial charge in [0.2, 0.25) is 21.8 Å². The van der Waals surface area contributed by atoms with Crippen LogP contribution in [0.15, 0.2) is 78.9 Å². The van der Waals surface area contributed by atoms with E-state index in [1.165, 1.54) is 29.2 Å². The second-order valence-corrected chi connectivity index (χ2v) is 12.5. The Balaban J connectivity index is 1.83. The molecule has 8 nitrogen and oxygen atoms in total. The first-order chi connectivity index (χ1) is 18.7. The third kappa shape index (κ3) is 9.08. The van der Waals surface area contributed by atoms with E-state index >= 15 is 0 Å². The average Bonchev–Trinajstić information content (AvgIpc) is 2.89. The lowest BCUT2D eigenvalue weighted by atomic mass is 10.1. The third-order valence-corrected chi connectivity index (χ3v) is 7.12. The van der Waals surface area contributed by atoms with Gasteiger partial charge in [0.15, 0.2) is 0 Å². The van der Waals surface area contributed by atoms with Crippen LogP contribution in [0.25, 0.3) is 0 Å². The number of carbonyl (C=O) groups is 2. The highest BCUT2D eigenvalue weighted by Crippen LogP contribution is 2.23. The maximum Gasteiger partial charge on any atom is 0.244 e.